The van der Waals surface area contributed by atoms with E-state index >= 15 is 0 Å². The van der Waals surface area contributed by atoms with Crippen LogP contribution in [0.25, 0.3) is 0 Å². The summed E-state index contributed by atoms with van der Waals surface area (Å²) in [5.74, 6) is 0.373. The summed E-state index contributed by atoms with van der Waals surface area (Å²) in [5, 5.41) is 24.7. The highest BCUT2D eigenvalue weighted by Gasteiger charge is 2.29. The van der Waals surface area contributed by atoms with E-state index in [-0.39, 0.29) is 11.6 Å². The monoisotopic (exact) mass is 241 g/mol. The van der Waals surface area contributed by atoms with E-state index in [1.54, 1.807) is 0 Å². The van der Waals surface area contributed by atoms with E-state index in [0.29, 0.717) is 12.4 Å². The molecule has 2 heterocycles. The highest BCUT2D eigenvalue weighted by atomic mass is 16.3. The number of hydrogen-bond donors (Lipinski definition) is 6. The number of anilines is 3. The quantitative estimate of drug-likeness (QED) is 0.363. The van der Waals surface area contributed by atoms with Crippen LogP contribution in [-0.4, -0.2) is 45.0 Å². The number of aliphatic hydroxyl groups is 2. The van der Waals surface area contributed by atoms with Crippen LogP contribution in [0.15, 0.2) is 4.79 Å². The fraction of sp³-hybridized carbons (Fsp3) is 0.556. The van der Waals surface area contributed by atoms with Gasteiger partial charge in [-0.3, -0.25) is 9.78 Å². The van der Waals surface area contributed by atoms with Crippen LogP contribution in [0.5, 0.6) is 0 Å². The van der Waals surface area contributed by atoms with Gasteiger partial charge in [0.2, 0.25) is 5.95 Å². The first-order chi connectivity index (χ1) is 7.99. The van der Waals surface area contributed by atoms with Crippen LogP contribution >= 0.6 is 0 Å². The highest BCUT2D eigenvalue weighted by molar-refractivity contribution is 5.67. The molecule has 0 bridgehead atoms. The molecular formula is C9H15N5O3. The second-order valence-electron chi connectivity index (χ2n) is 4.04. The van der Waals surface area contributed by atoms with Gasteiger partial charge in [-0.2, -0.15) is 4.98 Å². The zero-order valence-electron chi connectivity index (χ0n) is 9.27. The van der Waals surface area contributed by atoms with Gasteiger partial charge in [-0.15, -0.1) is 0 Å². The number of nitrogens with two attached hydrogens (primary N) is 1. The minimum absolute atomic E-state index is 0.0255. The first-order valence-electron chi connectivity index (χ1n) is 5.25. The molecule has 7 N–H and O–H groups in total. The van der Waals surface area contributed by atoms with Crippen molar-refractivity contribution in [3.8, 4) is 0 Å². The Balaban J connectivity index is 2.27. The van der Waals surface area contributed by atoms with Gasteiger partial charge in [-0.05, 0) is 6.92 Å². The second-order valence-corrected chi connectivity index (χ2v) is 4.04. The molecule has 17 heavy (non-hydrogen) atoms. The van der Waals surface area contributed by atoms with Gasteiger partial charge >= 0.3 is 0 Å². The molecule has 2 rings (SSSR count). The lowest BCUT2D eigenvalue weighted by molar-refractivity contribution is 0.0214. The van der Waals surface area contributed by atoms with Crippen molar-refractivity contribution in [1.29, 1.82) is 0 Å². The van der Waals surface area contributed by atoms with Crippen LogP contribution in [0.4, 0.5) is 17.5 Å². The molecular weight excluding hydrogens is 226 g/mol. The van der Waals surface area contributed by atoms with Crippen LogP contribution in [0.2, 0.25) is 0 Å². The number of nitrogens with zero attached hydrogens (tertiary/aromatic N) is 1. The van der Waals surface area contributed by atoms with Gasteiger partial charge in [-0.25, -0.2) is 0 Å². The lowest BCUT2D eigenvalue weighted by atomic mass is 10.0. The molecule has 0 aromatic carbocycles. The van der Waals surface area contributed by atoms with E-state index in [0.717, 1.165) is 0 Å². The van der Waals surface area contributed by atoms with Crippen LogP contribution < -0.4 is 21.9 Å². The Hall–Kier alpha value is -1.80. The fourth-order valence-corrected chi connectivity index (χ4v) is 1.74. The van der Waals surface area contributed by atoms with Crippen molar-refractivity contribution >= 4 is 17.5 Å². The predicted molar refractivity (Wildman–Crippen MR) is 62.9 cm³/mol. The first-order valence-corrected chi connectivity index (χ1v) is 5.25. The number of rotatable bonds is 2. The van der Waals surface area contributed by atoms with Crippen molar-refractivity contribution in [3.63, 3.8) is 0 Å². The number of nitrogens with one attached hydrogen (secondary N) is 3. The third-order valence-electron chi connectivity index (χ3n) is 2.66. The Morgan fingerprint density at radius 3 is 2.88 bits per heavy atom. The highest BCUT2D eigenvalue weighted by Crippen LogP contribution is 2.21. The summed E-state index contributed by atoms with van der Waals surface area (Å²) >= 11 is 0. The number of fused-ring (bicyclic) bond motifs is 1. The normalized spacial score (nSPS) is 21.9. The maximum absolute atomic E-state index is 11.6. The summed E-state index contributed by atoms with van der Waals surface area (Å²) in [6, 6.07) is -0.464. The zero-order chi connectivity index (χ0) is 12.6. The van der Waals surface area contributed by atoms with E-state index in [4.69, 9.17) is 5.73 Å². The summed E-state index contributed by atoms with van der Waals surface area (Å²) < 4.78 is 0. The van der Waals surface area contributed by atoms with E-state index < -0.39 is 23.8 Å². The second kappa shape index (κ2) is 4.22. The average Bonchev–Trinajstić information content (AvgIpc) is 2.27. The van der Waals surface area contributed by atoms with E-state index in [9.17, 15) is 15.0 Å². The van der Waals surface area contributed by atoms with Crippen molar-refractivity contribution < 1.29 is 10.2 Å². The number of H-pyrrole nitrogens is 1. The van der Waals surface area contributed by atoms with Crippen LogP contribution in [0.3, 0.4) is 0 Å². The molecule has 0 amide bonds. The van der Waals surface area contributed by atoms with Crippen LogP contribution in [0.1, 0.15) is 6.92 Å². The summed E-state index contributed by atoms with van der Waals surface area (Å²) in [6.45, 7) is 1.82. The van der Waals surface area contributed by atoms with Crippen molar-refractivity contribution in [2.75, 3.05) is 22.9 Å². The summed E-state index contributed by atoms with van der Waals surface area (Å²) in [7, 11) is 0. The van der Waals surface area contributed by atoms with Gasteiger partial charge in [0.25, 0.3) is 5.56 Å². The molecule has 3 atom stereocenters. The minimum atomic E-state index is -0.979. The Kier molecular flexibility index (Phi) is 2.90. The zero-order valence-corrected chi connectivity index (χ0v) is 9.27. The van der Waals surface area contributed by atoms with Crippen LogP contribution in [-0.2, 0) is 0 Å². The molecule has 1 aliphatic rings. The Labute approximate surface area is 96.9 Å². The van der Waals surface area contributed by atoms with Crippen molar-refractivity contribution in [2.45, 2.75) is 25.2 Å². The largest absolute Gasteiger partial charge is 0.391 e. The molecule has 0 saturated carbocycles. The standard InChI is InChI=1S/C9H15N5O3/c1-3(15)6(16)4-2-11-7-5(12-4)8(17)14-9(10)13-7/h3-4,6,12,15-16H,2H2,1H3,(H4,10,11,13,14,17)/t3?,4-,6-/m1/s1. The van der Waals surface area contributed by atoms with Gasteiger partial charge < -0.3 is 26.6 Å². The SMILES string of the molecule is CC(O)[C@@H](O)[C@H]1CNc2nc(N)[nH]c(=O)c2N1. The van der Waals surface area contributed by atoms with Crippen molar-refractivity contribution in [1.82, 2.24) is 9.97 Å². The lowest BCUT2D eigenvalue weighted by Gasteiger charge is -2.31. The number of aromatic amines is 1. The van der Waals surface area contributed by atoms with Gasteiger partial charge in [0.1, 0.15) is 11.8 Å². The number of nitrogen functional groups attached to an aromatic ring is 1. The fourth-order valence-electron chi connectivity index (χ4n) is 1.74. The maximum Gasteiger partial charge on any atom is 0.277 e. The molecule has 0 aliphatic carbocycles. The molecule has 8 nitrogen and oxygen atoms in total. The van der Waals surface area contributed by atoms with Crippen molar-refractivity contribution in [2.24, 2.45) is 0 Å². The molecule has 8 heteroatoms. The first kappa shape index (κ1) is 11.7. The molecule has 1 unspecified atom stereocenters. The van der Waals surface area contributed by atoms with Crippen LogP contribution in [0, 0.1) is 0 Å². The van der Waals surface area contributed by atoms with Crippen molar-refractivity contribution in [3.05, 3.63) is 10.4 Å². The van der Waals surface area contributed by atoms with Gasteiger partial charge in [0, 0.05) is 6.54 Å². The van der Waals surface area contributed by atoms with Gasteiger partial charge in [0.15, 0.2) is 5.82 Å². The molecule has 0 spiro atoms. The smallest absolute Gasteiger partial charge is 0.277 e. The molecule has 0 radical (unpaired) electrons. The van der Waals surface area contributed by atoms with E-state index in [1.807, 2.05) is 0 Å². The summed E-state index contributed by atoms with van der Waals surface area (Å²) in [6.07, 6.45) is -1.87. The summed E-state index contributed by atoms with van der Waals surface area (Å²) in [4.78, 5) is 17.9. The maximum atomic E-state index is 11.6. The predicted octanol–water partition coefficient (Wildman–Crippen LogP) is -1.70. The third-order valence-corrected chi connectivity index (χ3v) is 2.66. The molecule has 94 valence electrons. The molecule has 0 saturated heterocycles. The average molecular weight is 241 g/mol. The topological polar surface area (TPSA) is 136 Å². The Bertz CT molecular complexity index is 472. The number of aliphatic hydroxyl groups excluding tert-OH is 2. The Morgan fingerprint density at radius 2 is 2.24 bits per heavy atom. The molecule has 1 aromatic rings. The number of aromatic nitrogens is 2. The minimum Gasteiger partial charge on any atom is -0.391 e. The molecule has 0 fully saturated rings. The number of hydrogen-bond acceptors (Lipinski definition) is 7. The van der Waals surface area contributed by atoms with Gasteiger partial charge in [-0.1, -0.05) is 0 Å². The van der Waals surface area contributed by atoms with E-state index in [2.05, 4.69) is 20.6 Å². The molecule has 1 aromatic heterocycles. The van der Waals surface area contributed by atoms with E-state index in [1.165, 1.54) is 6.92 Å². The Morgan fingerprint density at radius 1 is 1.53 bits per heavy atom. The summed E-state index contributed by atoms with van der Waals surface area (Å²) in [5.41, 5.74) is 5.20. The lowest BCUT2D eigenvalue weighted by Crippen LogP contribution is -2.48. The molecule has 1 aliphatic heterocycles. The van der Waals surface area contributed by atoms with Gasteiger partial charge in [0.05, 0.1) is 12.1 Å². The third kappa shape index (κ3) is 2.17.